The molecule has 2 fully saturated rings. The number of carboxylic acids is 1. The molecule has 370 valence electrons. The topological polar surface area (TPSA) is 415 Å². The fourth-order valence-electron chi connectivity index (χ4n) is 7.05. The summed E-state index contributed by atoms with van der Waals surface area (Å²) in [5.74, 6) is -9.17. The summed E-state index contributed by atoms with van der Waals surface area (Å²) in [5.41, 5.74) is 21.9. The number of amides is 10. The van der Waals surface area contributed by atoms with E-state index in [9.17, 15) is 57.8 Å². The zero-order valence-corrected chi connectivity index (χ0v) is 38.2. The molecule has 0 aromatic heterocycles. The van der Waals surface area contributed by atoms with Gasteiger partial charge in [0.1, 0.15) is 36.3 Å². The van der Waals surface area contributed by atoms with Crippen LogP contribution in [0.1, 0.15) is 86.0 Å². The average molecular weight is 937 g/mol. The Morgan fingerprint density at radius 2 is 1.20 bits per heavy atom. The number of aliphatic imine (C=N–C) groups is 1. The maximum atomic E-state index is 13.3. The number of nitrogens with two attached hydrogens (primary N) is 4. The van der Waals surface area contributed by atoms with Gasteiger partial charge < -0.3 is 75.1 Å². The van der Waals surface area contributed by atoms with E-state index in [4.69, 9.17) is 22.9 Å². The van der Waals surface area contributed by atoms with Gasteiger partial charge in [0.25, 0.3) is 0 Å². The highest BCUT2D eigenvalue weighted by Crippen LogP contribution is 2.20. The highest BCUT2D eigenvalue weighted by molar-refractivity contribution is 5.97. The molecule has 16 N–H and O–H groups in total. The number of guanidine groups is 1. The number of carbonyl (C=O) groups excluding carboxylic acids is 10. The first-order valence-electron chi connectivity index (χ1n) is 21.9. The maximum absolute atomic E-state index is 13.3. The number of carboxylic acid groups (broad SMARTS) is 1. The van der Waals surface area contributed by atoms with Crippen molar-refractivity contribution in [3.05, 3.63) is 0 Å². The largest absolute Gasteiger partial charge is 0.481 e. The van der Waals surface area contributed by atoms with Crippen molar-refractivity contribution < 1.29 is 57.8 Å². The molecule has 2 heterocycles. The minimum atomic E-state index is -1.46. The van der Waals surface area contributed by atoms with Gasteiger partial charge in [0.05, 0.1) is 25.7 Å². The molecule has 0 spiro atoms. The number of hydrogen-bond acceptors (Lipinski definition) is 13. The minimum Gasteiger partial charge on any atom is -0.481 e. The molecule has 0 bridgehead atoms. The highest BCUT2D eigenvalue weighted by atomic mass is 16.4. The van der Waals surface area contributed by atoms with Gasteiger partial charge in [-0.15, -0.1) is 0 Å². The van der Waals surface area contributed by atoms with Crippen LogP contribution in [0.3, 0.4) is 0 Å². The van der Waals surface area contributed by atoms with E-state index in [1.54, 1.807) is 27.7 Å². The molecular weight excluding hydrogens is 869 g/mol. The van der Waals surface area contributed by atoms with Crippen LogP contribution in [0.25, 0.3) is 0 Å². The van der Waals surface area contributed by atoms with Gasteiger partial charge in [-0.05, 0) is 63.7 Å². The standard InChI is InChI=1S/C40H68N14O12/c1-20(2)31(41)38(65)49-22(5)34(61)52-32(21(3)4)39(66)46-17-27(55)50-24(12-13-30(58)59)35(62)47-18-28(56)53-15-7-10-25(53)36(63)48-19-29(57)54-16-8-11-26(54)37(64)51-23(33(42)60)9-6-14-45-40(43)44/h20-26,31-32H,6-19,41H2,1-5H3,(H2,42,60)(H,46,66)(H,47,62)(H,48,63)(H,49,65)(H,50,55)(H,51,64)(H,52,61)(H,58,59)(H4,43,44,45)/t22-,23-,24-,25-,26-,31-,32-/m0/s1. The van der Waals surface area contributed by atoms with Crippen molar-refractivity contribution in [3.8, 4) is 0 Å². The Morgan fingerprint density at radius 1 is 0.636 bits per heavy atom. The predicted octanol–water partition coefficient (Wildman–Crippen LogP) is -5.68. The van der Waals surface area contributed by atoms with Gasteiger partial charge in [0.2, 0.25) is 59.1 Å². The molecule has 0 aromatic rings. The lowest BCUT2D eigenvalue weighted by molar-refractivity contribution is -0.141. The van der Waals surface area contributed by atoms with Crippen molar-refractivity contribution in [1.29, 1.82) is 0 Å². The number of nitrogens with one attached hydrogen (secondary N) is 7. The van der Waals surface area contributed by atoms with Crippen molar-refractivity contribution in [2.24, 2.45) is 39.8 Å². The van der Waals surface area contributed by atoms with Crippen LogP contribution in [0.4, 0.5) is 0 Å². The summed E-state index contributed by atoms with van der Waals surface area (Å²) in [6.07, 6.45) is 0.994. The van der Waals surface area contributed by atoms with Crippen LogP contribution in [0, 0.1) is 11.8 Å². The van der Waals surface area contributed by atoms with Crippen LogP contribution in [0.5, 0.6) is 0 Å². The molecule has 7 atom stereocenters. The number of carbonyl (C=O) groups is 11. The molecule has 66 heavy (non-hydrogen) atoms. The molecule has 26 nitrogen and oxygen atoms in total. The van der Waals surface area contributed by atoms with Gasteiger partial charge in [-0.2, -0.15) is 0 Å². The Labute approximate surface area is 382 Å². The van der Waals surface area contributed by atoms with E-state index in [0.29, 0.717) is 25.7 Å². The molecule has 0 aliphatic carbocycles. The summed E-state index contributed by atoms with van der Waals surface area (Å²) in [7, 11) is 0. The van der Waals surface area contributed by atoms with Gasteiger partial charge >= 0.3 is 5.97 Å². The van der Waals surface area contributed by atoms with E-state index in [-0.39, 0.29) is 44.4 Å². The molecule has 2 aliphatic rings. The molecular formula is C40H68N14O12. The minimum absolute atomic E-state index is 0.127. The van der Waals surface area contributed by atoms with E-state index in [2.05, 4.69) is 42.2 Å². The monoisotopic (exact) mass is 937 g/mol. The summed E-state index contributed by atoms with van der Waals surface area (Å²) in [4.78, 5) is 147. The van der Waals surface area contributed by atoms with Gasteiger partial charge in [0, 0.05) is 26.1 Å². The fraction of sp³-hybridized carbons (Fsp3) is 0.700. The number of rotatable bonds is 26. The van der Waals surface area contributed by atoms with E-state index in [1.165, 1.54) is 16.7 Å². The number of primary amides is 1. The third kappa shape index (κ3) is 18.1. The Kier molecular flexibility index (Phi) is 22.7. The summed E-state index contributed by atoms with van der Waals surface area (Å²) in [6.45, 7) is 6.90. The van der Waals surface area contributed by atoms with Crippen molar-refractivity contribution in [2.75, 3.05) is 39.3 Å². The zero-order valence-electron chi connectivity index (χ0n) is 38.2. The van der Waals surface area contributed by atoms with Gasteiger partial charge in [0.15, 0.2) is 5.96 Å². The van der Waals surface area contributed by atoms with Crippen molar-refractivity contribution in [3.63, 3.8) is 0 Å². The molecule has 2 aliphatic heterocycles. The molecule has 2 saturated heterocycles. The smallest absolute Gasteiger partial charge is 0.303 e. The fourth-order valence-corrected chi connectivity index (χ4v) is 7.05. The van der Waals surface area contributed by atoms with Crippen LogP contribution in [-0.4, -0.2) is 167 Å². The first kappa shape index (κ1) is 55.5. The number of aliphatic carboxylic acids is 1. The van der Waals surface area contributed by atoms with Gasteiger partial charge in [-0.1, -0.05) is 27.7 Å². The number of nitrogens with zero attached hydrogens (tertiary/aromatic N) is 3. The quantitative estimate of drug-likeness (QED) is 0.0219. The maximum Gasteiger partial charge on any atom is 0.303 e. The normalized spacial score (nSPS) is 17.9. The summed E-state index contributed by atoms with van der Waals surface area (Å²) >= 11 is 0. The SMILES string of the molecule is CC(C)[C@H](N)C(=O)N[C@@H](C)C(=O)N[C@H](C(=O)NCC(=O)N[C@@H](CCC(=O)O)C(=O)NCC(=O)N1CCC[C@H]1C(=O)NCC(=O)N1CCC[C@H]1C(=O)N[C@@H](CCCN=C(N)N)C(N)=O)C(C)C. The molecule has 0 saturated carbocycles. The van der Waals surface area contributed by atoms with Gasteiger partial charge in [-0.25, -0.2) is 0 Å². The Bertz CT molecular complexity index is 1820. The molecule has 0 radical (unpaired) electrons. The van der Waals surface area contributed by atoms with Crippen LogP contribution in [0.2, 0.25) is 0 Å². The summed E-state index contributed by atoms with van der Waals surface area (Å²) < 4.78 is 0. The second-order valence-electron chi connectivity index (χ2n) is 16.8. The highest BCUT2D eigenvalue weighted by Gasteiger charge is 2.38. The predicted molar refractivity (Wildman–Crippen MR) is 236 cm³/mol. The third-order valence-electron chi connectivity index (χ3n) is 10.9. The van der Waals surface area contributed by atoms with Crippen LogP contribution in [0.15, 0.2) is 4.99 Å². The third-order valence-corrected chi connectivity index (χ3v) is 10.9. The van der Waals surface area contributed by atoms with E-state index in [1.807, 2.05) is 0 Å². The number of likely N-dealkylation sites (tertiary alicyclic amines) is 2. The molecule has 0 unspecified atom stereocenters. The van der Waals surface area contributed by atoms with Crippen molar-refractivity contribution in [1.82, 2.24) is 47.0 Å². The second kappa shape index (κ2) is 27.0. The first-order valence-corrected chi connectivity index (χ1v) is 21.9. The zero-order chi connectivity index (χ0) is 49.8. The van der Waals surface area contributed by atoms with E-state index in [0.717, 1.165) is 0 Å². The lowest BCUT2D eigenvalue weighted by Crippen LogP contribution is -2.57. The second-order valence-corrected chi connectivity index (χ2v) is 16.8. The molecule has 10 amide bonds. The van der Waals surface area contributed by atoms with Crippen LogP contribution in [-0.2, 0) is 52.7 Å². The summed E-state index contributed by atoms with van der Waals surface area (Å²) in [6, 6.07) is -7.47. The van der Waals surface area contributed by atoms with Crippen molar-refractivity contribution >= 4 is 71.0 Å². The Hall–Kier alpha value is -6.60. The molecule has 0 aromatic carbocycles. The lowest BCUT2D eigenvalue weighted by Gasteiger charge is -2.27. The van der Waals surface area contributed by atoms with Crippen molar-refractivity contribution in [2.45, 2.75) is 128 Å². The first-order chi connectivity index (χ1) is 30.9. The van der Waals surface area contributed by atoms with Crippen LogP contribution >= 0.6 is 0 Å². The Morgan fingerprint density at radius 3 is 1.73 bits per heavy atom. The number of hydrogen-bond donors (Lipinski definition) is 12. The van der Waals surface area contributed by atoms with Gasteiger partial charge in [-0.3, -0.25) is 57.7 Å². The average Bonchev–Trinajstić information content (AvgIpc) is 3.96. The van der Waals surface area contributed by atoms with E-state index >= 15 is 0 Å². The molecule has 2 rings (SSSR count). The van der Waals surface area contributed by atoms with E-state index < -0.39 is 146 Å². The molecule has 26 heteroatoms. The Balaban J connectivity index is 1.95. The summed E-state index contributed by atoms with van der Waals surface area (Å²) in [5, 5.41) is 26.5. The lowest BCUT2D eigenvalue weighted by atomic mass is 10.0. The van der Waals surface area contributed by atoms with Crippen LogP contribution < -0.4 is 60.2 Å².